The van der Waals surface area contributed by atoms with Crippen LogP contribution < -0.4 is 5.32 Å². The molecule has 0 saturated heterocycles. The Bertz CT molecular complexity index is 302. The Morgan fingerprint density at radius 3 is 2.47 bits per heavy atom. The number of anilines is 1. The molecule has 1 aromatic carbocycles. The van der Waals surface area contributed by atoms with E-state index >= 15 is 0 Å². The van der Waals surface area contributed by atoms with Crippen LogP contribution in [0.25, 0.3) is 0 Å². The van der Waals surface area contributed by atoms with Crippen LogP contribution in [0.15, 0.2) is 24.3 Å². The summed E-state index contributed by atoms with van der Waals surface area (Å²) >= 11 is 0. The largest absolute Gasteiger partial charge is 0.383 e. The third kappa shape index (κ3) is 3.56. The van der Waals surface area contributed by atoms with Gasteiger partial charge in [0.1, 0.15) is 0 Å². The lowest BCUT2D eigenvalue weighted by atomic mass is 9.86. The first-order valence-electron chi connectivity index (χ1n) is 5.38. The fourth-order valence-corrected chi connectivity index (χ4v) is 1.58. The first-order valence-corrected chi connectivity index (χ1v) is 5.38. The monoisotopic (exact) mass is 207 g/mol. The maximum absolute atomic E-state index is 5.03. The van der Waals surface area contributed by atoms with Crippen molar-refractivity contribution in [3.63, 3.8) is 0 Å². The molecule has 0 bridgehead atoms. The molecule has 0 fully saturated rings. The Balaban J connectivity index is 2.78. The molecular formula is C13H21NO. The summed E-state index contributed by atoms with van der Waals surface area (Å²) in [6.07, 6.45) is 0. The van der Waals surface area contributed by atoms with Crippen LogP contribution in [0.5, 0.6) is 0 Å². The van der Waals surface area contributed by atoms with Crippen LogP contribution in [-0.4, -0.2) is 20.3 Å². The molecule has 2 heteroatoms. The van der Waals surface area contributed by atoms with Crippen molar-refractivity contribution < 1.29 is 4.74 Å². The Labute approximate surface area is 92.6 Å². The number of nitrogens with one attached hydrogen (secondary N) is 1. The van der Waals surface area contributed by atoms with Crippen molar-refractivity contribution in [2.45, 2.75) is 26.2 Å². The van der Waals surface area contributed by atoms with Gasteiger partial charge in [0, 0.05) is 19.3 Å². The van der Waals surface area contributed by atoms with E-state index in [1.165, 1.54) is 11.3 Å². The number of para-hydroxylation sites is 1. The molecule has 0 spiro atoms. The summed E-state index contributed by atoms with van der Waals surface area (Å²) in [6.45, 7) is 8.26. The van der Waals surface area contributed by atoms with Gasteiger partial charge in [0.2, 0.25) is 0 Å². The predicted octanol–water partition coefficient (Wildman–Crippen LogP) is 3.04. The van der Waals surface area contributed by atoms with E-state index in [-0.39, 0.29) is 5.41 Å². The summed E-state index contributed by atoms with van der Waals surface area (Å²) in [4.78, 5) is 0. The van der Waals surface area contributed by atoms with Crippen molar-refractivity contribution in [2.24, 2.45) is 0 Å². The fourth-order valence-electron chi connectivity index (χ4n) is 1.58. The SMILES string of the molecule is COCCNc1ccccc1C(C)(C)C. The highest BCUT2D eigenvalue weighted by Gasteiger charge is 2.16. The third-order valence-electron chi connectivity index (χ3n) is 2.36. The highest BCUT2D eigenvalue weighted by Crippen LogP contribution is 2.28. The van der Waals surface area contributed by atoms with E-state index in [0.29, 0.717) is 0 Å². The van der Waals surface area contributed by atoms with Crippen LogP contribution in [0.4, 0.5) is 5.69 Å². The normalized spacial score (nSPS) is 11.5. The van der Waals surface area contributed by atoms with Gasteiger partial charge >= 0.3 is 0 Å². The van der Waals surface area contributed by atoms with Gasteiger partial charge < -0.3 is 10.1 Å². The minimum absolute atomic E-state index is 0.177. The molecule has 1 aromatic rings. The van der Waals surface area contributed by atoms with Crippen LogP contribution in [-0.2, 0) is 10.2 Å². The number of hydrogen-bond acceptors (Lipinski definition) is 2. The van der Waals surface area contributed by atoms with Crippen molar-refractivity contribution in [1.29, 1.82) is 0 Å². The van der Waals surface area contributed by atoms with E-state index in [4.69, 9.17) is 4.74 Å². The molecule has 0 saturated carbocycles. The molecule has 0 aromatic heterocycles. The zero-order valence-corrected chi connectivity index (χ0v) is 10.1. The lowest BCUT2D eigenvalue weighted by Gasteiger charge is -2.23. The summed E-state index contributed by atoms with van der Waals surface area (Å²) in [7, 11) is 1.72. The van der Waals surface area contributed by atoms with E-state index in [0.717, 1.165) is 13.2 Å². The smallest absolute Gasteiger partial charge is 0.0635 e. The van der Waals surface area contributed by atoms with Crippen LogP contribution in [0.2, 0.25) is 0 Å². The van der Waals surface area contributed by atoms with E-state index in [2.05, 4.69) is 50.4 Å². The molecule has 0 radical (unpaired) electrons. The van der Waals surface area contributed by atoms with E-state index in [1.54, 1.807) is 7.11 Å². The van der Waals surface area contributed by atoms with Crippen LogP contribution in [0, 0.1) is 0 Å². The average molecular weight is 207 g/mol. The van der Waals surface area contributed by atoms with E-state index in [1.807, 2.05) is 0 Å². The van der Waals surface area contributed by atoms with E-state index in [9.17, 15) is 0 Å². The van der Waals surface area contributed by atoms with Gasteiger partial charge in [0.05, 0.1) is 6.61 Å². The topological polar surface area (TPSA) is 21.3 Å². The first-order chi connectivity index (χ1) is 7.05. The maximum atomic E-state index is 5.03. The van der Waals surface area contributed by atoms with Gasteiger partial charge in [-0.3, -0.25) is 0 Å². The van der Waals surface area contributed by atoms with E-state index < -0.39 is 0 Å². The summed E-state index contributed by atoms with van der Waals surface area (Å²) < 4.78 is 5.03. The summed E-state index contributed by atoms with van der Waals surface area (Å²) in [5.41, 5.74) is 2.74. The zero-order chi connectivity index (χ0) is 11.3. The molecule has 0 atom stereocenters. The van der Waals surface area contributed by atoms with Gasteiger partial charge in [0.15, 0.2) is 0 Å². The molecule has 0 unspecified atom stereocenters. The van der Waals surface area contributed by atoms with Crippen molar-refractivity contribution >= 4 is 5.69 Å². The number of benzene rings is 1. The Kier molecular flexibility index (Phi) is 4.15. The van der Waals surface area contributed by atoms with Gasteiger partial charge in [-0.1, -0.05) is 39.0 Å². The Morgan fingerprint density at radius 1 is 1.20 bits per heavy atom. The molecule has 0 aliphatic heterocycles. The lowest BCUT2D eigenvalue weighted by Crippen LogP contribution is -2.16. The summed E-state index contributed by atoms with van der Waals surface area (Å²) in [5.74, 6) is 0. The van der Waals surface area contributed by atoms with Gasteiger partial charge in [-0.15, -0.1) is 0 Å². The predicted molar refractivity (Wildman–Crippen MR) is 65.5 cm³/mol. The quantitative estimate of drug-likeness (QED) is 0.766. The Hall–Kier alpha value is -1.02. The minimum Gasteiger partial charge on any atom is -0.383 e. The lowest BCUT2D eigenvalue weighted by molar-refractivity contribution is 0.210. The highest BCUT2D eigenvalue weighted by atomic mass is 16.5. The molecule has 0 heterocycles. The van der Waals surface area contributed by atoms with Crippen LogP contribution in [0.3, 0.4) is 0 Å². The molecule has 15 heavy (non-hydrogen) atoms. The summed E-state index contributed by atoms with van der Waals surface area (Å²) in [5, 5.41) is 3.40. The van der Waals surface area contributed by atoms with Crippen LogP contribution in [0.1, 0.15) is 26.3 Å². The standard InChI is InChI=1S/C13H21NO/c1-13(2,3)11-7-5-6-8-12(11)14-9-10-15-4/h5-8,14H,9-10H2,1-4H3. The number of ether oxygens (including phenoxy) is 1. The molecule has 1 rings (SSSR count). The average Bonchev–Trinajstić information content (AvgIpc) is 2.17. The van der Waals surface area contributed by atoms with Crippen LogP contribution >= 0.6 is 0 Å². The molecule has 0 amide bonds. The first kappa shape index (κ1) is 12.1. The number of methoxy groups -OCH3 is 1. The second-order valence-corrected chi connectivity index (χ2v) is 4.72. The second-order valence-electron chi connectivity index (χ2n) is 4.72. The van der Waals surface area contributed by atoms with Crippen molar-refractivity contribution in [1.82, 2.24) is 0 Å². The molecule has 0 aliphatic rings. The minimum atomic E-state index is 0.177. The molecule has 0 aliphatic carbocycles. The molecular weight excluding hydrogens is 186 g/mol. The molecule has 1 N–H and O–H groups in total. The van der Waals surface area contributed by atoms with Gasteiger partial charge in [-0.25, -0.2) is 0 Å². The van der Waals surface area contributed by atoms with Gasteiger partial charge in [0.25, 0.3) is 0 Å². The highest BCUT2D eigenvalue weighted by molar-refractivity contribution is 5.54. The van der Waals surface area contributed by atoms with Crippen molar-refractivity contribution in [3.05, 3.63) is 29.8 Å². The zero-order valence-electron chi connectivity index (χ0n) is 10.1. The molecule has 84 valence electrons. The third-order valence-corrected chi connectivity index (χ3v) is 2.36. The summed E-state index contributed by atoms with van der Waals surface area (Å²) in [6, 6.07) is 8.44. The maximum Gasteiger partial charge on any atom is 0.0635 e. The molecule has 2 nitrogen and oxygen atoms in total. The van der Waals surface area contributed by atoms with Gasteiger partial charge in [-0.05, 0) is 17.0 Å². The number of hydrogen-bond donors (Lipinski definition) is 1. The second kappa shape index (κ2) is 5.17. The van der Waals surface area contributed by atoms with Crippen molar-refractivity contribution in [3.8, 4) is 0 Å². The Morgan fingerprint density at radius 2 is 1.87 bits per heavy atom. The number of rotatable bonds is 4. The van der Waals surface area contributed by atoms with Gasteiger partial charge in [-0.2, -0.15) is 0 Å². The fraction of sp³-hybridized carbons (Fsp3) is 0.538. The van der Waals surface area contributed by atoms with Crippen molar-refractivity contribution in [2.75, 3.05) is 25.6 Å².